The van der Waals surface area contributed by atoms with Crippen LogP contribution in [0.1, 0.15) is 5.56 Å². The Morgan fingerprint density at radius 1 is 1.22 bits per heavy atom. The Morgan fingerprint density at radius 3 is 2.28 bits per heavy atom. The first-order valence-electron chi connectivity index (χ1n) is 4.82. The first-order chi connectivity index (χ1) is 8.38. The average Bonchev–Trinajstić information content (AvgIpc) is 2.78. The molecule has 0 bridgehead atoms. The van der Waals surface area contributed by atoms with E-state index in [0.29, 0.717) is 5.56 Å². The van der Waals surface area contributed by atoms with E-state index in [1.165, 1.54) is 24.3 Å². The van der Waals surface area contributed by atoms with Crippen molar-refractivity contribution in [2.24, 2.45) is 9.98 Å². The smallest absolute Gasteiger partial charge is 0.258 e. The topological polar surface area (TPSA) is 67.9 Å². The second kappa shape index (κ2) is 4.21. The van der Waals surface area contributed by atoms with Crippen molar-refractivity contribution in [1.29, 1.82) is 0 Å². The third-order valence-electron chi connectivity index (χ3n) is 2.28. The third kappa shape index (κ3) is 2.36. The number of hydrogen-bond acceptors (Lipinski definition) is 4. The van der Waals surface area contributed by atoms with Crippen molar-refractivity contribution < 1.29 is 18.1 Å². The summed E-state index contributed by atoms with van der Waals surface area (Å²) in [5.41, 5.74) is 0.412. The van der Waals surface area contributed by atoms with Crippen LogP contribution >= 0.6 is 0 Å². The van der Waals surface area contributed by atoms with Crippen LogP contribution in [0.3, 0.4) is 0 Å². The fourth-order valence-electron chi connectivity index (χ4n) is 1.43. The normalized spacial score (nSPS) is 15.3. The summed E-state index contributed by atoms with van der Waals surface area (Å²) in [7, 11) is 0. The van der Waals surface area contributed by atoms with Crippen LogP contribution in [-0.4, -0.2) is 29.2 Å². The lowest BCUT2D eigenvalue weighted by Crippen LogP contribution is -2.19. The molecule has 0 atom stereocenters. The van der Waals surface area contributed by atoms with Crippen LogP contribution in [0.15, 0.2) is 34.3 Å². The first kappa shape index (κ1) is 12.2. The number of rotatable bonds is 2. The monoisotopic (exact) mass is 257 g/mol. The van der Waals surface area contributed by atoms with Gasteiger partial charge in [-0.2, -0.15) is 13.2 Å². The highest BCUT2D eigenvalue weighted by Gasteiger charge is 2.38. The molecule has 0 radical (unpaired) electrons. The van der Waals surface area contributed by atoms with Gasteiger partial charge in [0.2, 0.25) is 5.84 Å². The van der Waals surface area contributed by atoms with Crippen molar-refractivity contribution in [2.45, 2.75) is 6.18 Å². The van der Waals surface area contributed by atoms with Gasteiger partial charge in [-0.3, -0.25) is 15.1 Å². The molecule has 0 aliphatic carbocycles. The predicted molar refractivity (Wildman–Crippen MR) is 58.0 cm³/mol. The molecule has 0 saturated carbocycles. The van der Waals surface area contributed by atoms with Crippen molar-refractivity contribution in [3.63, 3.8) is 0 Å². The lowest BCUT2D eigenvalue weighted by Gasteiger charge is -2.01. The number of nitro benzene ring substituents is 1. The van der Waals surface area contributed by atoms with E-state index in [-0.39, 0.29) is 17.9 Å². The molecule has 0 fully saturated rings. The van der Waals surface area contributed by atoms with Gasteiger partial charge in [-0.25, -0.2) is 4.99 Å². The van der Waals surface area contributed by atoms with Crippen LogP contribution < -0.4 is 0 Å². The number of amidine groups is 1. The molecule has 0 unspecified atom stereocenters. The molecule has 0 aromatic heterocycles. The van der Waals surface area contributed by atoms with E-state index in [0.717, 1.165) is 0 Å². The zero-order chi connectivity index (χ0) is 13.3. The highest BCUT2D eigenvalue weighted by Crippen LogP contribution is 2.22. The van der Waals surface area contributed by atoms with E-state index in [9.17, 15) is 23.3 Å². The van der Waals surface area contributed by atoms with E-state index in [1.54, 1.807) is 0 Å². The van der Waals surface area contributed by atoms with Gasteiger partial charge in [-0.05, 0) is 17.7 Å². The van der Waals surface area contributed by atoms with E-state index in [1.807, 2.05) is 0 Å². The molecule has 1 aliphatic heterocycles. The molecule has 94 valence electrons. The molecule has 8 heteroatoms. The zero-order valence-electron chi connectivity index (χ0n) is 8.81. The van der Waals surface area contributed by atoms with Crippen LogP contribution in [0.4, 0.5) is 18.9 Å². The standard InChI is InChI=1S/C10H6F3N3O2/c11-10(12,13)9-14-5-8(15-9)6-1-3-7(4-2-6)16(17)18/h1-4H,5H2. The fraction of sp³-hybridized carbons (Fsp3) is 0.200. The molecule has 5 nitrogen and oxygen atoms in total. The minimum Gasteiger partial charge on any atom is -0.258 e. The maximum Gasteiger partial charge on any atom is 0.451 e. The summed E-state index contributed by atoms with van der Waals surface area (Å²) in [6.45, 7) is -0.174. The SMILES string of the molecule is O=[N+]([O-])c1ccc(C2=NC(C(F)(F)F)=NC2)cc1. The van der Waals surface area contributed by atoms with Gasteiger partial charge in [-0.15, -0.1) is 0 Å². The summed E-state index contributed by atoms with van der Waals surface area (Å²) in [6, 6.07) is 5.13. The van der Waals surface area contributed by atoms with Crippen molar-refractivity contribution in [3.8, 4) is 0 Å². The van der Waals surface area contributed by atoms with Crippen LogP contribution in [0, 0.1) is 10.1 Å². The molecule has 18 heavy (non-hydrogen) atoms. The Morgan fingerprint density at radius 2 is 1.83 bits per heavy atom. The van der Waals surface area contributed by atoms with Gasteiger partial charge in [0.05, 0.1) is 17.2 Å². The van der Waals surface area contributed by atoms with E-state index < -0.39 is 16.9 Å². The molecular formula is C10H6F3N3O2. The van der Waals surface area contributed by atoms with Gasteiger partial charge in [0.15, 0.2) is 0 Å². The minimum atomic E-state index is -4.57. The maximum absolute atomic E-state index is 12.3. The van der Waals surface area contributed by atoms with E-state index in [2.05, 4.69) is 9.98 Å². The molecule has 2 rings (SSSR count). The Balaban J connectivity index is 2.23. The van der Waals surface area contributed by atoms with Crippen molar-refractivity contribution in [1.82, 2.24) is 0 Å². The van der Waals surface area contributed by atoms with E-state index >= 15 is 0 Å². The third-order valence-corrected chi connectivity index (χ3v) is 2.28. The summed E-state index contributed by atoms with van der Waals surface area (Å²) in [6.07, 6.45) is -4.57. The summed E-state index contributed by atoms with van der Waals surface area (Å²) in [5, 5.41) is 10.4. The molecule has 1 aromatic rings. The molecule has 0 spiro atoms. The largest absolute Gasteiger partial charge is 0.451 e. The molecule has 1 aromatic carbocycles. The Labute approximate surface area is 98.8 Å². The molecular weight excluding hydrogens is 251 g/mol. The quantitative estimate of drug-likeness (QED) is 0.602. The van der Waals surface area contributed by atoms with Gasteiger partial charge in [0.1, 0.15) is 0 Å². The molecule has 1 aliphatic rings. The summed E-state index contributed by atoms with van der Waals surface area (Å²) in [5.74, 6) is -1.17. The minimum absolute atomic E-state index is 0.130. The summed E-state index contributed by atoms with van der Waals surface area (Å²) < 4.78 is 36.9. The van der Waals surface area contributed by atoms with Gasteiger partial charge >= 0.3 is 6.18 Å². The highest BCUT2D eigenvalue weighted by atomic mass is 19.4. The van der Waals surface area contributed by atoms with Crippen LogP contribution in [0.5, 0.6) is 0 Å². The Bertz CT molecular complexity index is 546. The lowest BCUT2D eigenvalue weighted by molar-refractivity contribution is -0.384. The van der Waals surface area contributed by atoms with Crippen molar-refractivity contribution in [3.05, 3.63) is 39.9 Å². The molecule has 0 saturated heterocycles. The highest BCUT2D eigenvalue weighted by molar-refractivity contribution is 6.13. The van der Waals surface area contributed by atoms with Crippen LogP contribution in [0.25, 0.3) is 0 Å². The Kier molecular flexibility index (Phi) is 2.85. The molecule has 1 heterocycles. The van der Waals surface area contributed by atoms with E-state index in [4.69, 9.17) is 0 Å². The number of non-ortho nitro benzene ring substituents is 1. The number of aliphatic imine (C=N–C) groups is 2. The summed E-state index contributed by atoms with van der Waals surface area (Å²) >= 11 is 0. The number of benzene rings is 1. The number of nitro groups is 1. The molecule has 0 amide bonds. The first-order valence-corrected chi connectivity index (χ1v) is 4.82. The van der Waals surface area contributed by atoms with Gasteiger partial charge < -0.3 is 0 Å². The number of alkyl halides is 3. The van der Waals surface area contributed by atoms with Gasteiger partial charge in [0.25, 0.3) is 5.69 Å². The predicted octanol–water partition coefficient (Wildman–Crippen LogP) is 2.36. The fourth-order valence-corrected chi connectivity index (χ4v) is 1.43. The number of hydrogen-bond donors (Lipinski definition) is 0. The van der Waals surface area contributed by atoms with Crippen LogP contribution in [0.2, 0.25) is 0 Å². The lowest BCUT2D eigenvalue weighted by atomic mass is 10.1. The number of halogens is 3. The van der Waals surface area contributed by atoms with Crippen molar-refractivity contribution >= 4 is 17.2 Å². The Hall–Kier alpha value is -2.25. The van der Waals surface area contributed by atoms with Crippen LogP contribution in [-0.2, 0) is 0 Å². The van der Waals surface area contributed by atoms with Gasteiger partial charge in [0, 0.05) is 12.1 Å². The van der Waals surface area contributed by atoms with Crippen molar-refractivity contribution in [2.75, 3.05) is 6.54 Å². The summed E-state index contributed by atoms with van der Waals surface area (Å²) in [4.78, 5) is 16.5. The second-order valence-electron chi connectivity index (χ2n) is 3.50. The van der Waals surface area contributed by atoms with Gasteiger partial charge in [-0.1, -0.05) is 0 Å². The maximum atomic E-state index is 12.3. The molecule has 0 N–H and O–H groups in total. The number of nitrogens with zero attached hydrogens (tertiary/aromatic N) is 3. The second-order valence-corrected chi connectivity index (χ2v) is 3.50. The average molecular weight is 257 g/mol. The zero-order valence-corrected chi connectivity index (χ0v) is 8.81.